The minimum absolute atomic E-state index is 0.0618. The van der Waals surface area contributed by atoms with Crippen molar-refractivity contribution in [3.05, 3.63) is 40.6 Å². The number of amides is 2. The van der Waals surface area contributed by atoms with Gasteiger partial charge < -0.3 is 32.5 Å². The Bertz CT molecular complexity index is 1490. The highest BCUT2D eigenvalue weighted by Gasteiger charge is 2.54. The number of nitrogens with one attached hydrogen (secondary N) is 2. The number of rotatable bonds is 11. The average Bonchev–Trinajstić information content (AvgIpc) is 3.60. The summed E-state index contributed by atoms with van der Waals surface area (Å²) in [6.45, 7) is 0.770. The molecule has 0 aromatic carbocycles. The number of thiazole rings is 1. The number of carboxylic acids is 1. The zero-order chi connectivity index (χ0) is 30.7. The highest BCUT2D eigenvalue weighted by molar-refractivity contribution is 8.00. The van der Waals surface area contributed by atoms with Crippen LogP contribution in [-0.2, 0) is 19.2 Å². The number of nitrogen functional groups attached to an aromatic ring is 2. The van der Waals surface area contributed by atoms with E-state index in [0.717, 1.165) is 19.4 Å². The van der Waals surface area contributed by atoms with Crippen LogP contribution < -0.4 is 27.9 Å². The summed E-state index contributed by atoms with van der Waals surface area (Å²) in [6, 6.07) is 0.630. The molecule has 2 saturated heterocycles. The van der Waals surface area contributed by atoms with Crippen molar-refractivity contribution in [2.45, 2.75) is 35.4 Å². The third kappa shape index (κ3) is 6.69. The molecule has 228 valence electrons. The van der Waals surface area contributed by atoms with Crippen molar-refractivity contribution in [3.8, 4) is 0 Å². The van der Waals surface area contributed by atoms with Gasteiger partial charge in [-0.3, -0.25) is 19.9 Å². The van der Waals surface area contributed by atoms with Crippen LogP contribution in [-0.4, -0.2) is 96.2 Å². The Morgan fingerprint density at radius 3 is 2.84 bits per heavy atom. The van der Waals surface area contributed by atoms with Crippen LogP contribution in [0.4, 0.5) is 16.9 Å². The van der Waals surface area contributed by atoms with Gasteiger partial charge in [0.1, 0.15) is 40.8 Å². The number of anilines is 3. The molecule has 43 heavy (non-hydrogen) atoms. The second-order valence-corrected chi connectivity index (χ2v) is 12.4. The van der Waals surface area contributed by atoms with Gasteiger partial charge in [0.05, 0.1) is 6.17 Å². The lowest BCUT2D eigenvalue weighted by Crippen LogP contribution is -2.71. The Morgan fingerprint density at radius 2 is 2.14 bits per heavy atom. The summed E-state index contributed by atoms with van der Waals surface area (Å²) in [5, 5.41) is 20.5. The van der Waals surface area contributed by atoms with Crippen molar-refractivity contribution < 1.29 is 24.3 Å². The Balaban J connectivity index is 1.23. The minimum atomic E-state index is -1.24. The minimum Gasteiger partial charge on any atom is -0.477 e. The summed E-state index contributed by atoms with van der Waals surface area (Å²) >= 11 is 3.95. The molecule has 3 aliphatic heterocycles. The van der Waals surface area contributed by atoms with E-state index in [1.165, 1.54) is 46.9 Å². The summed E-state index contributed by atoms with van der Waals surface area (Å²) in [6.07, 6.45) is 5.12. The number of carbonyl (C=O) groups is 3. The number of hydrogen-bond acceptors (Lipinski definition) is 16. The number of β-lactam (4-membered cyclic amide) rings is 1. The lowest BCUT2D eigenvalue weighted by molar-refractivity contribution is -0.150. The summed E-state index contributed by atoms with van der Waals surface area (Å²) in [4.78, 5) is 57.0. The van der Waals surface area contributed by atoms with Gasteiger partial charge in [0.15, 0.2) is 10.8 Å². The number of fused-ring (bicyclic) bond motifs is 1. The van der Waals surface area contributed by atoms with Gasteiger partial charge in [-0.1, -0.05) is 17.3 Å². The van der Waals surface area contributed by atoms with E-state index in [1.807, 2.05) is 5.01 Å². The number of carbonyl (C=O) groups excluding carboxylic acids is 2. The van der Waals surface area contributed by atoms with Crippen LogP contribution in [0.2, 0.25) is 0 Å². The van der Waals surface area contributed by atoms with Crippen LogP contribution in [0.3, 0.4) is 0 Å². The smallest absolute Gasteiger partial charge is 0.352 e. The second kappa shape index (κ2) is 13.2. The summed E-state index contributed by atoms with van der Waals surface area (Å²) in [5.41, 5.74) is 21.0. The number of aliphatic carboxylic acids is 1. The third-order valence-corrected chi connectivity index (χ3v) is 9.47. The Hall–Kier alpha value is -3.91. The molecule has 5 rings (SSSR count). The predicted molar refractivity (Wildman–Crippen MR) is 164 cm³/mol. The van der Waals surface area contributed by atoms with Gasteiger partial charge in [0.25, 0.3) is 11.8 Å². The lowest BCUT2D eigenvalue weighted by atomic mass is 10.0. The number of allylic oxidation sites excluding steroid dienone is 1. The fraction of sp³-hybridized carbons (Fsp3) is 0.375. The molecule has 2 aromatic rings. The number of carboxylic acid groups (broad SMARTS) is 1. The van der Waals surface area contributed by atoms with E-state index in [9.17, 15) is 19.5 Å². The summed E-state index contributed by atoms with van der Waals surface area (Å²) in [7, 11) is 1.30. The first kappa shape index (κ1) is 30.5. The van der Waals surface area contributed by atoms with Gasteiger partial charge in [-0.05, 0) is 18.4 Å². The predicted octanol–water partition coefficient (Wildman–Crippen LogP) is 0.243. The molecule has 16 nitrogen and oxygen atoms in total. The number of hydrazine groups is 1. The van der Waals surface area contributed by atoms with Crippen LogP contribution in [0.5, 0.6) is 0 Å². The number of hydrogen-bond donors (Lipinski definition) is 6. The number of nitrogens with zero attached hydrogens (tertiary/aromatic N) is 6. The third-order valence-electron chi connectivity index (χ3n) is 6.56. The van der Waals surface area contributed by atoms with E-state index in [2.05, 4.69) is 30.9 Å². The molecule has 0 aliphatic carbocycles. The molecule has 0 saturated carbocycles. The fourth-order valence-corrected chi connectivity index (χ4v) is 7.38. The lowest BCUT2D eigenvalue weighted by Gasteiger charge is -2.49. The number of aromatic nitrogens is 3. The molecule has 5 heterocycles. The van der Waals surface area contributed by atoms with E-state index in [4.69, 9.17) is 22.0 Å². The summed E-state index contributed by atoms with van der Waals surface area (Å²) in [5.74, 6) is -1.39. The van der Waals surface area contributed by atoms with E-state index in [1.54, 1.807) is 23.6 Å². The van der Waals surface area contributed by atoms with Crippen LogP contribution in [0, 0.1) is 0 Å². The zero-order valence-corrected chi connectivity index (χ0v) is 25.2. The molecule has 0 spiro atoms. The second-order valence-electron chi connectivity index (χ2n) is 9.42. The molecule has 2 aromatic heterocycles. The Labute approximate surface area is 258 Å². The molecule has 3 aliphatic rings. The quantitative estimate of drug-likeness (QED) is 0.0629. The number of thioether (sulfide) groups is 2. The maximum absolute atomic E-state index is 13.2. The largest absolute Gasteiger partial charge is 0.477 e. The number of nitrogens with two attached hydrogens (primary N) is 3. The molecule has 2 amide bonds. The van der Waals surface area contributed by atoms with Crippen LogP contribution in [0.25, 0.3) is 0 Å². The van der Waals surface area contributed by atoms with Gasteiger partial charge in [-0.2, -0.15) is 4.98 Å². The number of oxime groups is 1. The van der Waals surface area contributed by atoms with Crippen LogP contribution in [0.15, 0.2) is 45.1 Å². The van der Waals surface area contributed by atoms with E-state index < -0.39 is 29.2 Å². The Morgan fingerprint density at radius 1 is 1.33 bits per heavy atom. The monoisotopic (exact) mass is 647 g/mol. The zero-order valence-electron chi connectivity index (χ0n) is 22.8. The first-order valence-electron chi connectivity index (χ1n) is 12.9. The molecule has 0 radical (unpaired) electrons. The van der Waals surface area contributed by atoms with Gasteiger partial charge >= 0.3 is 5.97 Å². The van der Waals surface area contributed by atoms with Gasteiger partial charge in [-0.25, -0.2) is 19.8 Å². The van der Waals surface area contributed by atoms with Crippen LogP contribution in [0.1, 0.15) is 18.5 Å². The molecular formula is C24H29N11O5S3. The standard InChI is InChI=1S/C24H29N11O5S3/c1-40-33-16(12-10-43-24(28-12)32-34-6-2-5-14(34)26)19(36)31-17-20(37)35-18(22(38)39)11(9-42-21(17)35)4-3-7-41-15-8-13(25)29-23(27)30-15/h3-4,8,10,14,17,21H,2,5-7,9,26H2,1H3,(H,28,32)(H,31,36)(H,38,39)(H4,25,27,29,30)/b4-3+,33-16?/t14-,17?,21?/m0/s1. The first-order valence-corrected chi connectivity index (χ1v) is 15.8. The van der Waals surface area contributed by atoms with E-state index in [-0.39, 0.29) is 35.0 Å². The van der Waals surface area contributed by atoms with Gasteiger partial charge in [0.2, 0.25) is 5.95 Å². The summed E-state index contributed by atoms with van der Waals surface area (Å²) < 4.78 is 0. The normalized spacial score (nSPS) is 22.5. The maximum atomic E-state index is 13.2. The molecule has 9 N–H and O–H groups in total. The van der Waals surface area contributed by atoms with E-state index >= 15 is 0 Å². The fourth-order valence-electron chi connectivity index (χ4n) is 4.62. The molecule has 3 atom stereocenters. The SMILES string of the molecule is CON=C(C(=O)NC1C(=O)N2C(C(=O)O)=C(/C=C/CSc3cc(N)nc(N)n3)CSC12)c1csc(NN2CCC[C@H]2N)n1. The first-order chi connectivity index (χ1) is 20.7. The Kier molecular flexibility index (Phi) is 9.35. The van der Waals surface area contributed by atoms with Crippen molar-refractivity contribution in [1.29, 1.82) is 0 Å². The molecule has 2 unspecified atom stereocenters. The highest BCUT2D eigenvalue weighted by atomic mass is 32.2. The molecule has 0 bridgehead atoms. The average molecular weight is 648 g/mol. The molecule has 19 heteroatoms. The highest BCUT2D eigenvalue weighted by Crippen LogP contribution is 2.40. The van der Waals surface area contributed by atoms with Crippen molar-refractivity contribution in [3.63, 3.8) is 0 Å². The molecule has 2 fully saturated rings. The topological polar surface area (TPSA) is 240 Å². The van der Waals surface area contributed by atoms with Crippen molar-refractivity contribution in [2.75, 3.05) is 42.1 Å². The van der Waals surface area contributed by atoms with Crippen molar-refractivity contribution >= 4 is 75.3 Å². The van der Waals surface area contributed by atoms with Gasteiger partial charge in [-0.15, -0.1) is 34.9 Å². The van der Waals surface area contributed by atoms with Crippen molar-refractivity contribution in [2.24, 2.45) is 10.9 Å². The van der Waals surface area contributed by atoms with E-state index in [0.29, 0.717) is 27.2 Å². The van der Waals surface area contributed by atoms with Gasteiger partial charge in [0, 0.05) is 29.5 Å². The maximum Gasteiger partial charge on any atom is 0.352 e. The van der Waals surface area contributed by atoms with Crippen LogP contribution >= 0.6 is 34.9 Å². The van der Waals surface area contributed by atoms with Crippen molar-refractivity contribution in [1.82, 2.24) is 30.2 Å². The molecular weight excluding hydrogens is 619 g/mol.